The molecular weight excluding hydrogens is 426 g/mol. The van der Waals surface area contributed by atoms with Crippen LogP contribution in [0, 0.1) is 0 Å². The summed E-state index contributed by atoms with van der Waals surface area (Å²) in [4.78, 5) is 34.0. The molecule has 0 spiro atoms. The van der Waals surface area contributed by atoms with Crippen LogP contribution < -0.4 is 0 Å². The van der Waals surface area contributed by atoms with Crippen molar-refractivity contribution in [3.63, 3.8) is 0 Å². The number of hydrogen-bond acceptors (Lipinski definition) is 5. The highest BCUT2D eigenvalue weighted by Gasteiger charge is 2.36. The first kappa shape index (κ1) is 21.5. The third kappa shape index (κ3) is 5.11. The van der Waals surface area contributed by atoms with Crippen LogP contribution in [0.5, 0.6) is 0 Å². The molecule has 2 aliphatic rings. The number of allylic oxidation sites excluding steroid dienone is 2. The first-order valence-electron chi connectivity index (χ1n) is 10.3. The van der Waals surface area contributed by atoms with Gasteiger partial charge in [-0.2, -0.15) is 0 Å². The van der Waals surface area contributed by atoms with Crippen molar-refractivity contribution in [2.45, 2.75) is 25.3 Å². The quantitative estimate of drug-likeness (QED) is 0.494. The van der Waals surface area contributed by atoms with E-state index in [0.29, 0.717) is 15.8 Å². The van der Waals surface area contributed by atoms with Crippen LogP contribution in [0.2, 0.25) is 0 Å². The number of benzene rings is 1. The van der Waals surface area contributed by atoms with Gasteiger partial charge in [0, 0.05) is 18.9 Å². The maximum Gasteiger partial charge on any atom is 0.266 e. The van der Waals surface area contributed by atoms with Crippen molar-refractivity contribution in [3.05, 3.63) is 83.0 Å². The number of carbonyl (C=O) groups is 2. The summed E-state index contributed by atoms with van der Waals surface area (Å²) in [5.41, 5.74) is 2.09. The van der Waals surface area contributed by atoms with Crippen LogP contribution in [0.3, 0.4) is 0 Å². The molecular formula is C24H23N3O2S2. The highest BCUT2D eigenvalue weighted by atomic mass is 32.2. The number of hydrogen-bond donors (Lipinski definition) is 0. The van der Waals surface area contributed by atoms with Gasteiger partial charge in [0.05, 0.1) is 10.9 Å². The third-order valence-corrected chi connectivity index (χ3v) is 6.79. The van der Waals surface area contributed by atoms with Crippen molar-refractivity contribution in [1.29, 1.82) is 0 Å². The zero-order valence-electron chi connectivity index (χ0n) is 17.0. The number of thiocarbonyl (C=S) groups is 1. The van der Waals surface area contributed by atoms with Crippen molar-refractivity contribution >= 4 is 46.2 Å². The molecule has 2 amide bonds. The fourth-order valence-electron chi connectivity index (χ4n) is 3.84. The minimum atomic E-state index is -0.212. The molecule has 1 atom stereocenters. The summed E-state index contributed by atoms with van der Waals surface area (Å²) in [6.45, 7) is 0.657. The SMILES string of the molecule is O=C1/C(=C/C=C/c2ccccc2)SC(=S)N1CC(=O)N1CCCCC1c1cccnc1. The van der Waals surface area contributed by atoms with Gasteiger partial charge in [0.1, 0.15) is 10.9 Å². The Balaban J connectivity index is 1.44. The van der Waals surface area contributed by atoms with Gasteiger partial charge in [0.2, 0.25) is 5.91 Å². The molecule has 2 aromatic rings. The van der Waals surface area contributed by atoms with E-state index in [9.17, 15) is 9.59 Å². The van der Waals surface area contributed by atoms with E-state index in [1.54, 1.807) is 12.3 Å². The Labute approximate surface area is 191 Å². The zero-order chi connectivity index (χ0) is 21.6. The van der Waals surface area contributed by atoms with E-state index in [-0.39, 0.29) is 24.4 Å². The lowest BCUT2D eigenvalue weighted by Gasteiger charge is -2.36. The smallest absolute Gasteiger partial charge is 0.266 e. The van der Waals surface area contributed by atoms with Crippen LogP contribution >= 0.6 is 24.0 Å². The fraction of sp³-hybridized carbons (Fsp3) is 0.250. The van der Waals surface area contributed by atoms with E-state index in [0.717, 1.165) is 30.4 Å². The Morgan fingerprint density at radius 2 is 2.03 bits per heavy atom. The summed E-state index contributed by atoms with van der Waals surface area (Å²) in [6, 6.07) is 13.8. The lowest BCUT2D eigenvalue weighted by Crippen LogP contribution is -2.45. The van der Waals surface area contributed by atoms with Crippen molar-refractivity contribution in [2.24, 2.45) is 0 Å². The average molecular weight is 450 g/mol. The van der Waals surface area contributed by atoms with Gasteiger partial charge in [0.25, 0.3) is 5.91 Å². The highest BCUT2D eigenvalue weighted by molar-refractivity contribution is 8.26. The Bertz CT molecular complexity index is 1020. The minimum absolute atomic E-state index is 0.00213. The second-order valence-corrected chi connectivity index (χ2v) is 9.12. The predicted molar refractivity (Wildman–Crippen MR) is 128 cm³/mol. The third-order valence-electron chi connectivity index (χ3n) is 5.40. The maximum absolute atomic E-state index is 13.1. The highest BCUT2D eigenvalue weighted by Crippen LogP contribution is 2.33. The zero-order valence-corrected chi connectivity index (χ0v) is 18.6. The summed E-state index contributed by atoms with van der Waals surface area (Å²) in [7, 11) is 0. The summed E-state index contributed by atoms with van der Waals surface area (Å²) in [5.74, 6) is -0.290. The number of thioether (sulfide) groups is 1. The van der Waals surface area contributed by atoms with Crippen LogP contribution in [-0.2, 0) is 9.59 Å². The summed E-state index contributed by atoms with van der Waals surface area (Å²) in [5, 5.41) is 0. The van der Waals surface area contributed by atoms with E-state index in [1.807, 2.05) is 65.7 Å². The number of carbonyl (C=O) groups excluding carboxylic acids is 2. The Morgan fingerprint density at radius 1 is 1.19 bits per heavy atom. The van der Waals surface area contributed by atoms with Crippen molar-refractivity contribution in [2.75, 3.05) is 13.1 Å². The Kier molecular flexibility index (Phi) is 6.94. The first-order chi connectivity index (χ1) is 15.1. The molecule has 0 saturated carbocycles. The van der Waals surface area contributed by atoms with Crippen molar-refractivity contribution in [1.82, 2.24) is 14.8 Å². The normalized spacial score (nSPS) is 20.8. The topological polar surface area (TPSA) is 53.5 Å². The largest absolute Gasteiger partial charge is 0.334 e. The molecule has 2 aliphatic heterocycles. The van der Waals surface area contributed by atoms with Gasteiger partial charge >= 0.3 is 0 Å². The van der Waals surface area contributed by atoms with Crippen LogP contribution in [-0.4, -0.2) is 44.0 Å². The molecule has 2 fully saturated rings. The van der Waals surface area contributed by atoms with Crippen molar-refractivity contribution < 1.29 is 9.59 Å². The number of rotatable bonds is 5. The van der Waals surface area contributed by atoms with Crippen LogP contribution in [0.4, 0.5) is 0 Å². The lowest BCUT2D eigenvalue weighted by molar-refractivity contribution is -0.138. The molecule has 7 heteroatoms. The number of likely N-dealkylation sites (tertiary alicyclic amines) is 1. The van der Waals surface area contributed by atoms with Gasteiger partial charge < -0.3 is 4.90 Å². The van der Waals surface area contributed by atoms with Gasteiger partial charge in [0.15, 0.2) is 0 Å². The molecule has 0 bridgehead atoms. The van der Waals surface area contributed by atoms with Gasteiger partial charge in [-0.1, -0.05) is 72.5 Å². The van der Waals surface area contributed by atoms with Gasteiger partial charge in [-0.15, -0.1) is 0 Å². The number of pyridine rings is 1. The van der Waals surface area contributed by atoms with Gasteiger partial charge in [-0.25, -0.2) is 0 Å². The van der Waals surface area contributed by atoms with Gasteiger partial charge in [-0.05, 0) is 42.5 Å². The molecule has 2 saturated heterocycles. The molecule has 158 valence electrons. The molecule has 31 heavy (non-hydrogen) atoms. The fourth-order valence-corrected chi connectivity index (χ4v) is 5.04. The summed E-state index contributed by atoms with van der Waals surface area (Å²) in [6.07, 6.45) is 12.0. The van der Waals surface area contributed by atoms with Crippen LogP contribution in [0.25, 0.3) is 6.08 Å². The monoisotopic (exact) mass is 449 g/mol. The Morgan fingerprint density at radius 3 is 2.81 bits per heavy atom. The molecule has 1 unspecified atom stereocenters. The van der Waals surface area contributed by atoms with Crippen LogP contribution in [0.1, 0.15) is 36.4 Å². The van der Waals surface area contributed by atoms with E-state index >= 15 is 0 Å². The van der Waals surface area contributed by atoms with Gasteiger partial charge in [-0.3, -0.25) is 19.5 Å². The molecule has 1 aromatic carbocycles. The maximum atomic E-state index is 13.1. The molecule has 3 heterocycles. The van der Waals surface area contributed by atoms with E-state index in [1.165, 1.54) is 16.7 Å². The van der Waals surface area contributed by atoms with E-state index in [2.05, 4.69) is 4.98 Å². The standard InChI is InChI=1S/C24H23N3O2S2/c28-22(26-15-5-4-12-20(26)19-11-7-14-25-16-19)17-27-23(29)21(31-24(27)30)13-6-10-18-8-2-1-3-9-18/h1-3,6-11,13-14,16,20H,4-5,12,15,17H2/b10-6+,21-13-. The second kappa shape index (κ2) is 10.0. The van der Waals surface area contributed by atoms with Crippen molar-refractivity contribution in [3.8, 4) is 0 Å². The number of amides is 2. The predicted octanol–water partition coefficient (Wildman–Crippen LogP) is 4.59. The molecule has 0 aliphatic carbocycles. The molecule has 1 aromatic heterocycles. The molecule has 0 N–H and O–H groups in total. The molecule has 0 radical (unpaired) electrons. The summed E-state index contributed by atoms with van der Waals surface area (Å²) >= 11 is 6.64. The summed E-state index contributed by atoms with van der Waals surface area (Å²) < 4.78 is 0.424. The number of aromatic nitrogens is 1. The molecule has 4 rings (SSSR count). The molecule has 5 nitrogen and oxygen atoms in total. The first-order valence-corrected chi connectivity index (χ1v) is 11.5. The van der Waals surface area contributed by atoms with Crippen LogP contribution in [0.15, 0.2) is 71.9 Å². The van der Waals surface area contributed by atoms with E-state index in [4.69, 9.17) is 12.2 Å². The Hall–Kier alpha value is -2.77. The average Bonchev–Trinajstić information content (AvgIpc) is 3.08. The number of nitrogens with zero attached hydrogens (tertiary/aromatic N) is 3. The minimum Gasteiger partial charge on any atom is -0.334 e. The van der Waals surface area contributed by atoms with E-state index < -0.39 is 0 Å². The lowest BCUT2D eigenvalue weighted by atomic mass is 9.96. The number of piperidine rings is 1. The second-order valence-electron chi connectivity index (χ2n) is 7.45.